The molecular formula is C21H32N4O5. The highest BCUT2D eigenvalue weighted by Gasteiger charge is 2.40. The second-order valence-corrected chi connectivity index (χ2v) is 8.52. The molecule has 0 unspecified atom stereocenters. The number of hydrogen-bond acceptors (Lipinski definition) is 6. The maximum absolute atomic E-state index is 12.9. The molecule has 0 spiro atoms. The highest BCUT2D eigenvalue weighted by molar-refractivity contribution is 5.92. The molecule has 2 saturated heterocycles. The number of carbonyl (C=O) groups is 3. The molecule has 0 saturated carbocycles. The quantitative estimate of drug-likeness (QED) is 0.648. The number of likely N-dealkylation sites (tertiary alicyclic amines) is 1. The lowest BCUT2D eigenvalue weighted by Gasteiger charge is -2.42. The van der Waals surface area contributed by atoms with Crippen LogP contribution in [0.15, 0.2) is 12.3 Å². The van der Waals surface area contributed by atoms with Crippen LogP contribution in [0, 0.1) is 5.41 Å². The number of carbonyl (C=O) groups excluding carboxylic acids is 3. The maximum Gasteiger partial charge on any atom is 0.302 e. The summed E-state index contributed by atoms with van der Waals surface area (Å²) in [7, 11) is 0. The fraction of sp³-hybridized carbons (Fsp3) is 0.714. The van der Waals surface area contributed by atoms with Gasteiger partial charge in [-0.3, -0.25) is 19.1 Å². The third-order valence-corrected chi connectivity index (χ3v) is 5.94. The first kappa shape index (κ1) is 22.3. The number of ether oxygens (including phenoxy) is 2. The molecule has 2 amide bonds. The van der Waals surface area contributed by atoms with Crippen molar-refractivity contribution in [1.29, 1.82) is 0 Å². The van der Waals surface area contributed by atoms with Crippen molar-refractivity contribution in [3.8, 4) is 0 Å². The summed E-state index contributed by atoms with van der Waals surface area (Å²) in [6, 6.07) is 1.93. The second-order valence-electron chi connectivity index (χ2n) is 8.52. The molecule has 0 bridgehead atoms. The van der Waals surface area contributed by atoms with Crippen molar-refractivity contribution < 1.29 is 23.9 Å². The Morgan fingerprint density at radius 3 is 2.37 bits per heavy atom. The Bertz CT molecular complexity index is 761. The fourth-order valence-electron chi connectivity index (χ4n) is 3.96. The van der Waals surface area contributed by atoms with Gasteiger partial charge in [0.15, 0.2) is 0 Å². The molecule has 9 nitrogen and oxygen atoms in total. The van der Waals surface area contributed by atoms with E-state index in [0.29, 0.717) is 64.3 Å². The van der Waals surface area contributed by atoms with E-state index in [2.05, 4.69) is 5.10 Å². The topological polar surface area (TPSA) is 94.0 Å². The average Bonchev–Trinajstić information content (AvgIpc) is 3.24. The van der Waals surface area contributed by atoms with Crippen LogP contribution in [0.3, 0.4) is 0 Å². The molecule has 2 fully saturated rings. The van der Waals surface area contributed by atoms with Crippen molar-refractivity contribution in [2.75, 3.05) is 46.0 Å². The molecule has 0 aromatic carbocycles. The third-order valence-electron chi connectivity index (χ3n) is 5.94. The summed E-state index contributed by atoms with van der Waals surface area (Å²) >= 11 is 0. The number of amides is 2. The molecule has 0 N–H and O–H groups in total. The van der Waals surface area contributed by atoms with Crippen molar-refractivity contribution in [2.24, 2.45) is 5.41 Å². The summed E-state index contributed by atoms with van der Waals surface area (Å²) in [6.45, 7) is 8.88. The van der Waals surface area contributed by atoms with Crippen molar-refractivity contribution in [3.05, 3.63) is 18.0 Å². The molecule has 1 aromatic heterocycles. The van der Waals surface area contributed by atoms with Crippen LogP contribution in [0.2, 0.25) is 0 Å². The molecule has 2 aliphatic rings. The van der Waals surface area contributed by atoms with Gasteiger partial charge in [-0.1, -0.05) is 0 Å². The summed E-state index contributed by atoms with van der Waals surface area (Å²) in [5, 5.41) is 4.37. The smallest absolute Gasteiger partial charge is 0.302 e. The Hall–Kier alpha value is -2.42. The summed E-state index contributed by atoms with van der Waals surface area (Å²) in [4.78, 5) is 40.7. The van der Waals surface area contributed by atoms with Crippen molar-refractivity contribution in [3.63, 3.8) is 0 Å². The van der Waals surface area contributed by atoms with Crippen LogP contribution in [0.1, 0.15) is 56.6 Å². The lowest BCUT2D eigenvalue weighted by molar-refractivity contribution is -0.150. The molecule has 1 aromatic rings. The minimum Gasteiger partial charge on any atom is -0.465 e. The SMILES string of the molecule is CC(=O)OCC1(CC(=O)N2CCOCC2)CCN(C(=O)c2ccn(C(C)C)n2)CC1. The highest BCUT2D eigenvalue weighted by atomic mass is 16.5. The summed E-state index contributed by atoms with van der Waals surface area (Å²) in [6.07, 6.45) is 3.33. The van der Waals surface area contributed by atoms with Gasteiger partial charge >= 0.3 is 5.97 Å². The molecule has 0 aliphatic carbocycles. The van der Waals surface area contributed by atoms with Gasteiger partial charge in [0.2, 0.25) is 5.91 Å². The monoisotopic (exact) mass is 420 g/mol. The number of hydrogen-bond donors (Lipinski definition) is 0. The first-order valence-corrected chi connectivity index (χ1v) is 10.6. The zero-order chi connectivity index (χ0) is 21.7. The number of rotatable bonds is 6. The zero-order valence-electron chi connectivity index (χ0n) is 18.1. The van der Waals surface area contributed by atoms with E-state index in [9.17, 15) is 14.4 Å². The van der Waals surface area contributed by atoms with Crippen molar-refractivity contribution >= 4 is 17.8 Å². The Kier molecular flexibility index (Phi) is 7.12. The lowest BCUT2D eigenvalue weighted by Crippen LogP contribution is -2.49. The summed E-state index contributed by atoms with van der Waals surface area (Å²) in [5.74, 6) is -0.401. The van der Waals surface area contributed by atoms with Crippen LogP contribution in [0.5, 0.6) is 0 Å². The number of aromatic nitrogens is 2. The number of esters is 1. The van der Waals surface area contributed by atoms with Gasteiger partial charge < -0.3 is 19.3 Å². The Labute approximate surface area is 177 Å². The number of morpholine rings is 1. The first-order valence-electron chi connectivity index (χ1n) is 10.6. The van der Waals surface area contributed by atoms with Gasteiger partial charge in [-0.05, 0) is 32.8 Å². The molecule has 0 atom stereocenters. The number of piperidine rings is 1. The van der Waals surface area contributed by atoms with E-state index >= 15 is 0 Å². The predicted molar refractivity (Wildman–Crippen MR) is 109 cm³/mol. The van der Waals surface area contributed by atoms with E-state index in [1.807, 2.05) is 24.9 Å². The van der Waals surface area contributed by atoms with E-state index in [0.717, 1.165) is 0 Å². The zero-order valence-corrected chi connectivity index (χ0v) is 18.1. The minimum atomic E-state index is -0.449. The molecule has 30 heavy (non-hydrogen) atoms. The predicted octanol–water partition coefficient (Wildman–Crippen LogP) is 1.50. The summed E-state index contributed by atoms with van der Waals surface area (Å²) in [5.41, 5.74) is -0.0182. The van der Waals surface area contributed by atoms with Crippen molar-refractivity contribution in [1.82, 2.24) is 19.6 Å². The largest absolute Gasteiger partial charge is 0.465 e. The fourth-order valence-corrected chi connectivity index (χ4v) is 3.96. The Balaban J connectivity index is 1.64. The van der Waals surface area contributed by atoms with E-state index in [1.54, 1.807) is 15.6 Å². The van der Waals surface area contributed by atoms with Crippen LogP contribution >= 0.6 is 0 Å². The minimum absolute atomic E-state index is 0.0564. The lowest BCUT2D eigenvalue weighted by atomic mass is 9.75. The standard InChI is InChI=1S/C21H32N4O5/c1-16(2)25-7-4-18(22-25)20(28)24-8-5-21(6-9-24,15-30-17(3)26)14-19(27)23-10-12-29-13-11-23/h4,7,16H,5-6,8-15H2,1-3H3. The first-order chi connectivity index (χ1) is 14.3. The van der Waals surface area contributed by atoms with E-state index in [-0.39, 0.29) is 30.4 Å². The van der Waals surface area contributed by atoms with Gasteiger partial charge in [0.25, 0.3) is 5.91 Å². The van der Waals surface area contributed by atoms with Crippen LogP contribution in [0.25, 0.3) is 0 Å². The van der Waals surface area contributed by atoms with Crippen LogP contribution in [-0.4, -0.2) is 83.4 Å². The van der Waals surface area contributed by atoms with Crippen LogP contribution < -0.4 is 0 Å². The molecule has 3 rings (SSSR count). The van der Waals surface area contributed by atoms with Gasteiger partial charge in [0.1, 0.15) is 5.69 Å². The Morgan fingerprint density at radius 2 is 1.80 bits per heavy atom. The summed E-state index contributed by atoms with van der Waals surface area (Å²) < 4.78 is 12.4. The van der Waals surface area contributed by atoms with Crippen LogP contribution in [0.4, 0.5) is 0 Å². The van der Waals surface area contributed by atoms with E-state index < -0.39 is 5.41 Å². The average molecular weight is 421 g/mol. The van der Waals surface area contributed by atoms with Crippen molar-refractivity contribution in [2.45, 2.75) is 46.1 Å². The van der Waals surface area contributed by atoms with Gasteiger partial charge in [-0.25, -0.2) is 0 Å². The highest BCUT2D eigenvalue weighted by Crippen LogP contribution is 2.36. The molecule has 2 aliphatic heterocycles. The van der Waals surface area contributed by atoms with Gasteiger partial charge in [-0.15, -0.1) is 0 Å². The maximum atomic E-state index is 12.9. The van der Waals surface area contributed by atoms with Gasteiger partial charge in [0, 0.05) is 57.2 Å². The van der Waals surface area contributed by atoms with E-state index in [1.165, 1.54) is 6.92 Å². The Morgan fingerprint density at radius 1 is 1.13 bits per heavy atom. The van der Waals surface area contributed by atoms with E-state index in [4.69, 9.17) is 9.47 Å². The molecule has 0 radical (unpaired) electrons. The second kappa shape index (κ2) is 9.59. The molecular weight excluding hydrogens is 388 g/mol. The normalized spacial score (nSPS) is 19.1. The van der Waals surface area contributed by atoms with Gasteiger partial charge in [-0.2, -0.15) is 5.10 Å². The number of nitrogens with zero attached hydrogens (tertiary/aromatic N) is 4. The molecule has 166 valence electrons. The van der Waals surface area contributed by atoms with Crippen LogP contribution in [-0.2, 0) is 19.1 Å². The third kappa shape index (κ3) is 5.38. The van der Waals surface area contributed by atoms with Gasteiger partial charge in [0.05, 0.1) is 19.8 Å². The molecule has 9 heteroatoms. The molecule has 3 heterocycles.